The predicted molar refractivity (Wildman–Crippen MR) is 77.3 cm³/mol. The summed E-state index contributed by atoms with van der Waals surface area (Å²) in [6.07, 6.45) is 0.395. The number of rotatable bonds is 5. The zero-order valence-corrected chi connectivity index (χ0v) is 12.5. The van der Waals surface area contributed by atoms with Gasteiger partial charge in [0.2, 0.25) is 0 Å². The molecule has 1 aromatic heterocycles. The highest BCUT2D eigenvalue weighted by Crippen LogP contribution is 2.26. The highest BCUT2D eigenvalue weighted by Gasteiger charge is 2.17. The Kier molecular flexibility index (Phi) is 4.64. The van der Waals surface area contributed by atoms with Crippen molar-refractivity contribution in [1.29, 1.82) is 0 Å². The second-order valence-corrected chi connectivity index (χ2v) is 7.47. The second-order valence-electron chi connectivity index (χ2n) is 3.96. The summed E-state index contributed by atoms with van der Waals surface area (Å²) < 4.78 is 39.8. The van der Waals surface area contributed by atoms with E-state index < -0.39 is 15.8 Å². The van der Waals surface area contributed by atoms with E-state index in [4.69, 9.17) is 16.7 Å². The van der Waals surface area contributed by atoms with Crippen molar-refractivity contribution in [2.24, 2.45) is 0 Å². The molecule has 0 aliphatic rings. The van der Waals surface area contributed by atoms with Crippen LogP contribution < -0.4 is 4.72 Å². The molecule has 0 saturated heterocycles. The first-order valence-electron chi connectivity index (χ1n) is 5.59. The van der Waals surface area contributed by atoms with Crippen LogP contribution in [0.15, 0.2) is 34.5 Å². The van der Waals surface area contributed by atoms with Crippen molar-refractivity contribution >= 4 is 38.6 Å². The van der Waals surface area contributed by atoms with E-state index >= 15 is 0 Å². The van der Waals surface area contributed by atoms with Gasteiger partial charge in [0.25, 0.3) is 10.0 Å². The van der Waals surface area contributed by atoms with Crippen molar-refractivity contribution < 1.29 is 17.9 Å². The maximum Gasteiger partial charge on any atom is 0.271 e. The molecular formula is C12H11ClFNO3S2. The van der Waals surface area contributed by atoms with Crippen LogP contribution in [0.2, 0.25) is 5.02 Å². The van der Waals surface area contributed by atoms with Crippen molar-refractivity contribution in [2.45, 2.75) is 10.6 Å². The zero-order chi connectivity index (χ0) is 14.8. The second kappa shape index (κ2) is 6.09. The zero-order valence-electron chi connectivity index (χ0n) is 10.1. The van der Waals surface area contributed by atoms with E-state index in [0.717, 1.165) is 28.3 Å². The standard InChI is InChI=1S/C12H11ClFNO3S2/c13-8-5-9(14)7-10(6-8)15-20(17,18)12-2-1-11(19-12)3-4-16/h1-2,5-7,15-16H,3-4H2. The summed E-state index contributed by atoms with van der Waals surface area (Å²) in [5.41, 5.74) is 0.0621. The van der Waals surface area contributed by atoms with Crippen LogP contribution in [0.4, 0.5) is 10.1 Å². The smallest absolute Gasteiger partial charge is 0.271 e. The monoisotopic (exact) mass is 335 g/mol. The molecule has 108 valence electrons. The van der Waals surface area contributed by atoms with Gasteiger partial charge in [-0.15, -0.1) is 11.3 Å². The third-order valence-corrected chi connectivity index (χ3v) is 5.61. The summed E-state index contributed by atoms with van der Waals surface area (Å²) in [5.74, 6) is -0.623. The molecule has 2 N–H and O–H groups in total. The summed E-state index contributed by atoms with van der Waals surface area (Å²) in [7, 11) is -3.78. The van der Waals surface area contributed by atoms with Crippen LogP contribution in [0, 0.1) is 5.82 Å². The van der Waals surface area contributed by atoms with E-state index in [-0.39, 0.29) is 21.5 Å². The molecule has 0 aliphatic heterocycles. The summed E-state index contributed by atoms with van der Waals surface area (Å²) in [6.45, 7) is -0.0487. The highest BCUT2D eigenvalue weighted by atomic mass is 35.5. The molecule has 4 nitrogen and oxygen atoms in total. The fourth-order valence-electron chi connectivity index (χ4n) is 1.57. The van der Waals surface area contributed by atoms with Crippen LogP contribution in [-0.2, 0) is 16.4 Å². The molecule has 0 fully saturated rings. The molecule has 2 rings (SSSR count). The Morgan fingerprint density at radius 1 is 1.30 bits per heavy atom. The Morgan fingerprint density at radius 3 is 2.70 bits per heavy atom. The van der Waals surface area contributed by atoms with Crippen molar-refractivity contribution in [3.63, 3.8) is 0 Å². The van der Waals surface area contributed by atoms with E-state index in [1.807, 2.05) is 0 Å². The minimum atomic E-state index is -3.78. The molecule has 0 unspecified atom stereocenters. The van der Waals surface area contributed by atoms with E-state index in [9.17, 15) is 12.8 Å². The lowest BCUT2D eigenvalue weighted by Crippen LogP contribution is -2.11. The number of sulfonamides is 1. The Bertz CT molecular complexity index is 695. The number of hydrogen-bond donors (Lipinski definition) is 2. The molecule has 8 heteroatoms. The minimum Gasteiger partial charge on any atom is -0.396 e. The molecule has 0 bridgehead atoms. The van der Waals surface area contributed by atoms with Crippen LogP contribution in [0.3, 0.4) is 0 Å². The number of halogens is 2. The molecule has 20 heavy (non-hydrogen) atoms. The van der Waals surface area contributed by atoms with Crippen molar-refractivity contribution in [1.82, 2.24) is 0 Å². The first kappa shape index (κ1) is 15.2. The maximum absolute atomic E-state index is 13.2. The molecule has 1 aromatic carbocycles. The van der Waals surface area contributed by atoms with Gasteiger partial charge in [0, 0.05) is 22.9 Å². The Hall–Kier alpha value is -1.15. The van der Waals surface area contributed by atoms with Gasteiger partial charge in [0.05, 0.1) is 5.69 Å². The maximum atomic E-state index is 13.2. The summed E-state index contributed by atoms with van der Waals surface area (Å²) in [5, 5.41) is 8.92. The average molecular weight is 336 g/mol. The van der Waals surface area contributed by atoms with Gasteiger partial charge >= 0.3 is 0 Å². The molecule has 0 amide bonds. The molecule has 0 aliphatic carbocycles. The highest BCUT2D eigenvalue weighted by molar-refractivity contribution is 7.94. The van der Waals surface area contributed by atoms with Gasteiger partial charge in [0.15, 0.2) is 0 Å². The lowest BCUT2D eigenvalue weighted by molar-refractivity contribution is 0.300. The van der Waals surface area contributed by atoms with Crippen LogP contribution in [-0.4, -0.2) is 20.1 Å². The fraction of sp³-hybridized carbons (Fsp3) is 0.167. The third-order valence-electron chi connectivity index (χ3n) is 2.37. The van der Waals surface area contributed by atoms with E-state index in [1.54, 1.807) is 6.07 Å². The molecule has 2 aromatic rings. The summed E-state index contributed by atoms with van der Waals surface area (Å²) in [6, 6.07) is 6.53. The number of benzene rings is 1. The third kappa shape index (κ3) is 3.69. The van der Waals surface area contributed by atoms with Crippen molar-refractivity contribution in [3.05, 3.63) is 46.0 Å². The lowest BCUT2D eigenvalue weighted by Gasteiger charge is -2.06. The predicted octanol–water partition coefficient (Wildman–Crippen LogP) is 2.88. The molecular weight excluding hydrogens is 325 g/mol. The van der Waals surface area contributed by atoms with E-state index in [2.05, 4.69) is 4.72 Å². The number of thiophene rings is 1. The molecule has 1 heterocycles. The van der Waals surface area contributed by atoms with Crippen LogP contribution >= 0.6 is 22.9 Å². The van der Waals surface area contributed by atoms with Gasteiger partial charge in [-0.05, 0) is 30.3 Å². The van der Waals surface area contributed by atoms with Crippen LogP contribution in [0.25, 0.3) is 0 Å². The van der Waals surface area contributed by atoms with E-state index in [1.165, 1.54) is 12.1 Å². The van der Waals surface area contributed by atoms with Crippen LogP contribution in [0.1, 0.15) is 4.88 Å². The molecule has 0 saturated carbocycles. The molecule has 0 spiro atoms. The number of anilines is 1. The number of nitrogens with one attached hydrogen (secondary N) is 1. The summed E-state index contributed by atoms with van der Waals surface area (Å²) in [4.78, 5) is 0.755. The van der Waals surface area contributed by atoms with Gasteiger partial charge in [0.1, 0.15) is 10.0 Å². The largest absolute Gasteiger partial charge is 0.396 e. The number of aliphatic hydroxyl groups is 1. The topological polar surface area (TPSA) is 66.4 Å². The molecule has 0 radical (unpaired) electrons. The minimum absolute atomic E-state index is 0.0487. The number of aliphatic hydroxyl groups excluding tert-OH is 1. The Labute approximate surface area is 124 Å². The first-order valence-corrected chi connectivity index (χ1v) is 8.27. The number of hydrogen-bond acceptors (Lipinski definition) is 4. The normalized spacial score (nSPS) is 11.6. The quantitative estimate of drug-likeness (QED) is 0.883. The molecule has 0 atom stereocenters. The fourth-order valence-corrected chi connectivity index (χ4v) is 4.17. The Balaban J connectivity index is 2.25. The van der Waals surface area contributed by atoms with Gasteiger partial charge in [-0.2, -0.15) is 0 Å². The average Bonchev–Trinajstić information content (AvgIpc) is 2.76. The van der Waals surface area contributed by atoms with Gasteiger partial charge in [-0.25, -0.2) is 12.8 Å². The van der Waals surface area contributed by atoms with Crippen LogP contribution in [0.5, 0.6) is 0 Å². The van der Waals surface area contributed by atoms with Crippen molar-refractivity contribution in [3.8, 4) is 0 Å². The first-order chi connectivity index (χ1) is 9.40. The SMILES string of the molecule is O=S(=O)(Nc1cc(F)cc(Cl)c1)c1ccc(CCO)s1. The van der Waals surface area contributed by atoms with E-state index in [0.29, 0.717) is 6.42 Å². The summed E-state index contributed by atoms with van der Waals surface area (Å²) >= 11 is 6.73. The Morgan fingerprint density at radius 2 is 2.05 bits per heavy atom. The van der Waals surface area contributed by atoms with Crippen molar-refractivity contribution in [2.75, 3.05) is 11.3 Å². The van der Waals surface area contributed by atoms with Gasteiger partial charge in [-0.1, -0.05) is 11.6 Å². The van der Waals surface area contributed by atoms with Gasteiger partial charge in [-0.3, -0.25) is 4.72 Å². The van der Waals surface area contributed by atoms with Gasteiger partial charge < -0.3 is 5.11 Å². The lowest BCUT2D eigenvalue weighted by atomic mass is 10.3.